The minimum Gasteiger partial charge on any atom is -0.446 e. The second-order valence-corrected chi connectivity index (χ2v) is 17.9. The predicted octanol–water partition coefficient (Wildman–Crippen LogP) is 5.94. The summed E-state index contributed by atoms with van der Waals surface area (Å²) >= 11 is 0. The van der Waals surface area contributed by atoms with Crippen LogP contribution in [0.5, 0.6) is 0 Å². The van der Waals surface area contributed by atoms with E-state index in [2.05, 4.69) is 35.2 Å². The Labute approximate surface area is 226 Å². The van der Waals surface area contributed by atoms with Gasteiger partial charge in [-0.05, 0) is 46.1 Å². The molecule has 0 bridgehead atoms. The SMILES string of the molecule is COC(C)(C)OC(COC(=O)N1Cc2c(NC(=O)C3([Si](C)(C)C)CCC3)n[nH]c2C1(C)C)c1ccccc1. The largest absolute Gasteiger partial charge is 0.446 e. The van der Waals surface area contributed by atoms with Gasteiger partial charge in [0.2, 0.25) is 5.91 Å². The number of hydrogen-bond acceptors (Lipinski definition) is 6. The first-order valence-electron chi connectivity index (χ1n) is 13.3. The Bertz CT molecular complexity index is 1170. The highest BCUT2D eigenvalue weighted by molar-refractivity contribution is 6.83. The molecule has 10 heteroatoms. The van der Waals surface area contributed by atoms with Crippen molar-refractivity contribution in [2.24, 2.45) is 0 Å². The van der Waals surface area contributed by atoms with Crippen LogP contribution in [0.2, 0.25) is 24.7 Å². The molecule has 0 radical (unpaired) electrons. The number of aromatic nitrogens is 2. The number of benzene rings is 1. The van der Waals surface area contributed by atoms with Crippen molar-refractivity contribution in [2.45, 2.75) is 95.6 Å². The van der Waals surface area contributed by atoms with E-state index in [1.54, 1.807) is 12.0 Å². The fourth-order valence-electron chi connectivity index (χ4n) is 5.47. The van der Waals surface area contributed by atoms with Gasteiger partial charge in [-0.25, -0.2) is 4.79 Å². The third-order valence-electron chi connectivity index (χ3n) is 8.45. The molecule has 1 atom stereocenters. The third-order valence-corrected chi connectivity index (χ3v) is 12.0. The van der Waals surface area contributed by atoms with Gasteiger partial charge in [0, 0.05) is 17.7 Å². The van der Waals surface area contributed by atoms with Crippen molar-refractivity contribution in [3.63, 3.8) is 0 Å². The maximum Gasteiger partial charge on any atom is 0.410 e. The summed E-state index contributed by atoms with van der Waals surface area (Å²) in [4.78, 5) is 28.5. The Hall–Kier alpha value is -2.69. The van der Waals surface area contributed by atoms with Crippen molar-refractivity contribution in [3.8, 4) is 0 Å². The highest BCUT2D eigenvalue weighted by Gasteiger charge is 2.54. The number of fused-ring (bicyclic) bond motifs is 1. The smallest absolute Gasteiger partial charge is 0.410 e. The Kier molecular flexibility index (Phi) is 7.55. The second-order valence-electron chi connectivity index (χ2n) is 12.4. The molecule has 2 amide bonds. The number of nitrogens with zero attached hydrogens (tertiary/aromatic N) is 2. The topological polar surface area (TPSA) is 106 Å². The quantitative estimate of drug-likeness (QED) is 0.300. The van der Waals surface area contributed by atoms with Crippen LogP contribution in [0, 0.1) is 0 Å². The second kappa shape index (κ2) is 10.1. The van der Waals surface area contributed by atoms with Crippen LogP contribution >= 0.6 is 0 Å². The summed E-state index contributed by atoms with van der Waals surface area (Å²) in [6.07, 6.45) is 1.97. The number of hydrogen-bond donors (Lipinski definition) is 2. The van der Waals surface area contributed by atoms with Crippen molar-refractivity contribution < 1.29 is 23.8 Å². The molecule has 1 aromatic heterocycles. The summed E-state index contributed by atoms with van der Waals surface area (Å²) in [5.41, 5.74) is 1.82. The molecular weight excluding hydrogens is 500 g/mol. The van der Waals surface area contributed by atoms with Gasteiger partial charge in [0.15, 0.2) is 11.6 Å². The summed E-state index contributed by atoms with van der Waals surface area (Å²) in [5.74, 6) is -0.297. The number of anilines is 1. The number of ether oxygens (including phenoxy) is 3. The van der Waals surface area contributed by atoms with E-state index in [9.17, 15) is 9.59 Å². The summed E-state index contributed by atoms with van der Waals surface area (Å²) < 4.78 is 17.4. The van der Waals surface area contributed by atoms with Crippen LogP contribution in [0.25, 0.3) is 0 Å². The van der Waals surface area contributed by atoms with Crippen LogP contribution in [-0.4, -0.2) is 54.7 Å². The molecule has 9 nitrogen and oxygen atoms in total. The lowest BCUT2D eigenvalue weighted by atomic mass is 9.83. The molecule has 1 aromatic carbocycles. The first-order chi connectivity index (χ1) is 17.7. The number of H-pyrrole nitrogens is 1. The molecule has 1 saturated carbocycles. The number of methoxy groups -OCH3 is 1. The van der Waals surface area contributed by atoms with E-state index in [4.69, 9.17) is 14.2 Å². The van der Waals surface area contributed by atoms with Gasteiger partial charge >= 0.3 is 6.09 Å². The van der Waals surface area contributed by atoms with Gasteiger partial charge in [-0.15, -0.1) is 0 Å². The summed E-state index contributed by atoms with van der Waals surface area (Å²) in [5, 5.41) is 10.4. The Morgan fingerprint density at radius 1 is 1.18 bits per heavy atom. The van der Waals surface area contributed by atoms with E-state index < -0.39 is 31.6 Å². The first kappa shape index (κ1) is 28.3. The lowest BCUT2D eigenvalue weighted by Gasteiger charge is -2.48. The van der Waals surface area contributed by atoms with Crippen molar-refractivity contribution in [3.05, 3.63) is 47.2 Å². The molecule has 1 unspecified atom stereocenters. The molecule has 2 aliphatic rings. The number of nitrogens with one attached hydrogen (secondary N) is 2. The Balaban J connectivity index is 1.47. The molecule has 1 aliphatic carbocycles. The lowest BCUT2D eigenvalue weighted by Crippen LogP contribution is -2.52. The van der Waals surface area contributed by atoms with Gasteiger partial charge in [-0.3, -0.25) is 14.8 Å². The molecular formula is C28H42N4O5Si. The third kappa shape index (κ3) is 5.13. The molecule has 0 spiro atoms. The van der Waals surface area contributed by atoms with Gasteiger partial charge in [-0.1, -0.05) is 56.4 Å². The summed E-state index contributed by atoms with van der Waals surface area (Å²) in [6.45, 7) is 14.6. The fraction of sp³-hybridized carbons (Fsp3) is 0.607. The average molecular weight is 543 g/mol. The van der Waals surface area contributed by atoms with Crippen molar-refractivity contribution in [1.29, 1.82) is 0 Å². The van der Waals surface area contributed by atoms with E-state index in [1.807, 2.05) is 58.0 Å². The van der Waals surface area contributed by atoms with Gasteiger partial charge in [0.05, 0.1) is 25.9 Å². The Morgan fingerprint density at radius 3 is 2.39 bits per heavy atom. The highest BCUT2D eigenvalue weighted by atomic mass is 28.3. The van der Waals surface area contributed by atoms with Crippen LogP contribution in [0.3, 0.4) is 0 Å². The summed E-state index contributed by atoms with van der Waals surface area (Å²) in [7, 11) is -0.152. The molecule has 1 fully saturated rings. The summed E-state index contributed by atoms with van der Waals surface area (Å²) in [6, 6.07) is 9.63. The van der Waals surface area contributed by atoms with Crippen LogP contribution in [-0.2, 0) is 31.1 Å². The number of rotatable bonds is 9. The number of carbonyl (C=O) groups is 2. The van der Waals surface area contributed by atoms with Crippen molar-refractivity contribution in [1.82, 2.24) is 15.1 Å². The molecule has 1 aliphatic heterocycles. The zero-order valence-electron chi connectivity index (χ0n) is 23.9. The van der Waals surface area contributed by atoms with Crippen LogP contribution in [0.4, 0.5) is 10.6 Å². The van der Waals surface area contributed by atoms with E-state index in [-0.39, 0.29) is 24.1 Å². The maximum absolute atomic E-state index is 13.4. The minimum atomic E-state index is -1.73. The molecule has 2 N–H and O–H groups in total. The van der Waals surface area contributed by atoms with Crippen LogP contribution in [0.1, 0.15) is 69.9 Å². The van der Waals surface area contributed by atoms with E-state index >= 15 is 0 Å². The molecule has 208 valence electrons. The Morgan fingerprint density at radius 2 is 1.84 bits per heavy atom. The standard InChI is InChI=1S/C28H42N4O5Si/c1-26(2)22-20(23(31-30-22)29-24(33)28(15-12-16-28)38(6,7)8)17-32(26)25(34)36-18-21(37-27(3,4)35-5)19-13-10-9-11-14-19/h9-11,13-14,21H,12,15-18H2,1-8H3,(H2,29,30,31,33). The van der Waals surface area contributed by atoms with Gasteiger partial charge in [0.25, 0.3) is 0 Å². The minimum absolute atomic E-state index is 0.0245. The highest BCUT2D eigenvalue weighted by Crippen LogP contribution is 2.56. The van der Waals surface area contributed by atoms with Crippen LogP contribution < -0.4 is 5.32 Å². The number of carbonyl (C=O) groups excluding carboxylic acids is 2. The van der Waals surface area contributed by atoms with E-state index in [1.165, 1.54) is 0 Å². The van der Waals surface area contributed by atoms with Gasteiger partial charge in [-0.2, -0.15) is 5.10 Å². The lowest BCUT2D eigenvalue weighted by molar-refractivity contribution is -0.231. The monoisotopic (exact) mass is 542 g/mol. The fourth-order valence-corrected chi connectivity index (χ4v) is 8.07. The molecule has 4 rings (SSSR count). The van der Waals surface area contributed by atoms with E-state index in [0.717, 1.165) is 36.1 Å². The van der Waals surface area contributed by atoms with E-state index in [0.29, 0.717) is 5.82 Å². The average Bonchev–Trinajstić information content (AvgIpc) is 3.33. The number of aromatic amines is 1. The number of amides is 2. The predicted molar refractivity (Wildman–Crippen MR) is 148 cm³/mol. The van der Waals surface area contributed by atoms with Crippen molar-refractivity contribution in [2.75, 3.05) is 19.0 Å². The molecule has 2 aromatic rings. The van der Waals surface area contributed by atoms with Gasteiger partial charge in [0.1, 0.15) is 12.7 Å². The van der Waals surface area contributed by atoms with Gasteiger partial charge < -0.3 is 19.5 Å². The zero-order valence-corrected chi connectivity index (χ0v) is 24.9. The zero-order chi connectivity index (χ0) is 27.9. The van der Waals surface area contributed by atoms with Crippen molar-refractivity contribution >= 4 is 25.9 Å². The maximum atomic E-state index is 13.4. The molecule has 0 saturated heterocycles. The first-order valence-corrected chi connectivity index (χ1v) is 16.8. The normalized spacial score (nSPS) is 18.9. The molecule has 38 heavy (non-hydrogen) atoms. The molecule has 2 heterocycles. The van der Waals surface area contributed by atoms with Crippen LogP contribution in [0.15, 0.2) is 30.3 Å².